The smallest absolute Gasteiger partial charge is 0.331 e. The number of aliphatic hydroxyl groups excluding tert-OH is 2. The summed E-state index contributed by atoms with van der Waals surface area (Å²) in [6, 6.07) is 15.2. The van der Waals surface area contributed by atoms with Crippen LogP contribution in [0.2, 0.25) is 0 Å². The van der Waals surface area contributed by atoms with Crippen molar-refractivity contribution in [2.24, 2.45) is 0 Å². The van der Waals surface area contributed by atoms with Crippen molar-refractivity contribution < 1.29 is 29.2 Å². The molecule has 11 heteroatoms. The van der Waals surface area contributed by atoms with Gasteiger partial charge in [-0.1, -0.05) is 0 Å². The molecule has 1 heterocycles. The highest BCUT2D eigenvalue weighted by molar-refractivity contribution is 5.32. The van der Waals surface area contributed by atoms with Crippen LogP contribution >= 0.6 is 0 Å². The molecule has 2 atom stereocenters. The number of aromatic nitrogens is 2. The lowest BCUT2D eigenvalue weighted by Crippen LogP contribution is -2.47. The maximum atomic E-state index is 13.1. The molecule has 0 unspecified atom stereocenters. The number of ether oxygens (including phenoxy) is 4. The van der Waals surface area contributed by atoms with Gasteiger partial charge in [0.1, 0.15) is 60.1 Å². The Hall–Kier alpha value is -4.27. The standard InChI is InChI=1S/C26H29N3O8/c1-17-24(12-27)25(32)29(14-19(31)16-37-23-10-6-21(35-3)7-11-23)26(33)28(17)13-18(30)15-36-22-8-4-20(34-2)5-9-22/h4-11,18-19,30-31H,13-16H2,1-3H3/t18-,19+/m0/s1. The second-order valence-electron chi connectivity index (χ2n) is 8.16. The lowest BCUT2D eigenvalue weighted by Gasteiger charge is -2.19. The quantitative estimate of drug-likeness (QED) is 0.365. The molecule has 3 aromatic rings. The van der Waals surface area contributed by atoms with Crippen LogP contribution in [0.1, 0.15) is 11.3 Å². The first-order valence-corrected chi connectivity index (χ1v) is 11.4. The first-order chi connectivity index (χ1) is 17.8. The summed E-state index contributed by atoms with van der Waals surface area (Å²) in [7, 11) is 3.08. The third kappa shape index (κ3) is 6.91. The van der Waals surface area contributed by atoms with E-state index in [9.17, 15) is 25.1 Å². The number of nitrogens with zero attached hydrogens (tertiary/aromatic N) is 3. The van der Waals surface area contributed by atoms with E-state index in [4.69, 9.17) is 18.9 Å². The number of methoxy groups -OCH3 is 2. The van der Waals surface area contributed by atoms with Crippen LogP contribution in [0.15, 0.2) is 58.1 Å². The maximum Gasteiger partial charge on any atom is 0.331 e. The predicted molar refractivity (Wildman–Crippen MR) is 133 cm³/mol. The molecule has 0 aliphatic heterocycles. The average molecular weight is 512 g/mol. The minimum absolute atomic E-state index is 0.112. The molecule has 2 N–H and O–H groups in total. The molecule has 0 saturated heterocycles. The maximum absolute atomic E-state index is 13.1. The van der Waals surface area contributed by atoms with Crippen LogP contribution < -0.4 is 30.2 Å². The molecular weight excluding hydrogens is 482 g/mol. The molecule has 11 nitrogen and oxygen atoms in total. The summed E-state index contributed by atoms with van der Waals surface area (Å²) < 4.78 is 23.1. The molecule has 0 bridgehead atoms. The van der Waals surface area contributed by atoms with Gasteiger partial charge in [0.05, 0.1) is 27.3 Å². The molecule has 2 aromatic carbocycles. The van der Waals surface area contributed by atoms with Crippen LogP contribution in [-0.2, 0) is 13.1 Å². The topological polar surface area (TPSA) is 145 Å². The summed E-state index contributed by atoms with van der Waals surface area (Å²) in [5.74, 6) is 2.25. The van der Waals surface area contributed by atoms with Crippen LogP contribution in [0.25, 0.3) is 0 Å². The second kappa shape index (κ2) is 12.6. The van der Waals surface area contributed by atoms with Crippen molar-refractivity contribution in [3.05, 3.63) is 80.6 Å². The van der Waals surface area contributed by atoms with E-state index in [1.807, 2.05) is 6.07 Å². The van der Waals surface area contributed by atoms with E-state index in [2.05, 4.69) is 0 Å². The van der Waals surface area contributed by atoms with Gasteiger partial charge in [0.25, 0.3) is 5.56 Å². The van der Waals surface area contributed by atoms with Gasteiger partial charge >= 0.3 is 5.69 Å². The monoisotopic (exact) mass is 511 g/mol. The summed E-state index contributed by atoms with van der Waals surface area (Å²) in [6.07, 6.45) is -2.35. The highest BCUT2D eigenvalue weighted by atomic mass is 16.5. The molecule has 0 saturated carbocycles. The van der Waals surface area contributed by atoms with Crippen LogP contribution in [0.5, 0.6) is 23.0 Å². The molecule has 0 spiro atoms. The average Bonchev–Trinajstić information content (AvgIpc) is 2.92. The van der Waals surface area contributed by atoms with Crippen molar-refractivity contribution >= 4 is 0 Å². The molecular formula is C26H29N3O8. The van der Waals surface area contributed by atoms with Crippen LogP contribution in [0, 0.1) is 18.3 Å². The lowest BCUT2D eigenvalue weighted by molar-refractivity contribution is 0.0839. The summed E-state index contributed by atoms with van der Waals surface area (Å²) in [4.78, 5) is 25.9. The number of rotatable bonds is 12. The van der Waals surface area contributed by atoms with Gasteiger partial charge in [-0.2, -0.15) is 5.26 Å². The fourth-order valence-electron chi connectivity index (χ4n) is 3.56. The molecule has 37 heavy (non-hydrogen) atoms. The summed E-state index contributed by atoms with van der Waals surface area (Å²) in [5.41, 5.74) is -1.74. The Labute approximate surface area is 213 Å². The van der Waals surface area contributed by atoms with E-state index in [0.717, 1.165) is 9.13 Å². The third-order valence-electron chi connectivity index (χ3n) is 5.59. The van der Waals surface area contributed by atoms with Gasteiger partial charge in [-0.25, -0.2) is 4.79 Å². The van der Waals surface area contributed by atoms with Crippen molar-refractivity contribution in [1.82, 2.24) is 9.13 Å². The minimum Gasteiger partial charge on any atom is -0.497 e. The first kappa shape index (κ1) is 27.3. The summed E-state index contributed by atoms with van der Waals surface area (Å²) in [6.45, 7) is 0.477. The summed E-state index contributed by atoms with van der Waals surface area (Å²) >= 11 is 0. The fraction of sp³-hybridized carbons (Fsp3) is 0.346. The molecule has 0 aliphatic rings. The van der Waals surface area contributed by atoms with Gasteiger partial charge in [-0.15, -0.1) is 0 Å². The minimum atomic E-state index is -1.22. The SMILES string of the molecule is COc1ccc(OC[C@@H](O)Cn2c(C)c(C#N)c(=O)n(C[C@@H](O)COc3ccc(OC)cc3)c2=O)cc1. The lowest BCUT2D eigenvalue weighted by atomic mass is 10.2. The molecule has 196 valence electrons. The molecule has 0 aliphatic carbocycles. The zero-order chi connectivity index (χ0) is 26.9. The molecule has 1 aromatic heterocycles. The number of benzene rings is 2. The van der Waals surface area contributed by atoms with Gasteiger partial charge in [0.2, 0.25) is 0 Å². The molecule has 3 rings (SSSR count). The van der Waals surface area contributed by atoms with Crippen molar-refractivity contribution in [1.29, 1.82) is 5.26 Å². The van der Waals surface area contributed by atoms with E-state index in [0.29, 0.717) is 23.0 Å². The zero-order valence-electron chi connectivity index (χ0n) is 20.8. The van der Waals surface area contributed by atoms with E-state index >= 15 is 0 Å². The Kier molecular flexibility index (Phi) is 9.32. The van der Waals surface area contributed by atoms with Gasteiger partial charge in [0.15, 0.2) is 0 Å². The zero-order valence-corrected chi connectivity index (χ0v) is 20.8. The number of aliphatic hydroxyl groups is 2. The molecule has 0 fully saturated rings. The molecule has 0 radical (unpaired) electrons. The van der Waals surface area contributed by atoms with Crippen LogP contribution in [-0.4, -0.2) is 59.0 Å². The van der Waals surface area contributed by atoms with E-state index in [1.54, 1.807) is 55.6 Å². The first-order valence-electron chi connectivity index (χ1n) is 11.4. The highest BCUT2D eigenvalue weighted by Crippen LogP contribution is 2.18. The molecule has 0 amide bonds. The Morgan fingerprint density at radius 3 is 1.59 bits per heavy atom. The van der Waals surface area contributed by atoms with Gasteiger partial charge in [-0.3, -0.25) is 13.9 Å². The fourth-order valence-corrected chi connectivity index (χ4v) is 3.56. The Bertz CT molecular complexity index is 1340. The van der Waals surface area contributed by atoms with Crippen molar-refractivity contribution in [2.75, 3.05) is 27.4 Å². The Morgan fingerprint density at radius 1 is 0.784 bits per heavy atom. The van der Waals surface area contributed by atoms with Gasteiger partial charge in [-0.05, 0) is 55.5 Å². The largest absolute Gasteiger partial charge is 0.497 e. The number of hydrogen-bond acceptors (Lipinski definition) is 9. The normalized spacial score (nSPS) is 12.3. The summed E-state index contributed by atoms with van der Waals surface area (Å²) in [5, 5.41) is 30.5. The highest BCUT2D eigenvalue weighted by Gasteiger charge is 2.20. The Morgan fingerprint density at radius 2 is 1.19 bits per heavy atom. The van der Waals surface area contributed by atoms with E-state index < -0.39 is 30.0 Å². The van der Waals surface area contributed by atoms with Crippen LogP contribution in [0.4, 0.5) is 0 Å². The van der Waals surface area contributed by atoms with Crippen molar-refractivity contribution in [3.63, 3.8) is 0 Å². The Balaban J connectivity index is 1.72. The van der Waals surface area contributed by atoms with E-state index in [-0.39, 0.29) is 31.0 Å². The van der Waals surface area contributed by atoms with Gasteiger partial charge < -0.3 is 29.2 Å². The second-order valence-corrected chi connectivity index (χ2v) is 8.16. The van der Waals surface area contributed by atoms with Crippen LogP contribution in [0.3, 0.4) is 0 Å². The van der Waals surface area contributed by atoms with Crippen molar-refractivity contribution in [2.45, 2.75) is 32.2 Å². The van der Waals surface area contributed by atoms with E-state index in [1.165, 1.54) is 14.0 Å². The van der Waals surface area contributed by atoms with Gasteiger partial charge in [0, 0.05) is 5.69 Å². The number of hydrogen-bond donors (Lipinski definition) is 2. The van der Waals surface area contributed by atoms with Crippen molar-refractivity contribution in [3.8, 4) is 29.1 Å². The predicted octanol–water partition coefficient (Wildman–Crippen LogP) is 1.09. The third-order valence-corrected chi connectivity index (χ3v) is 5.59. The number of nitriles is 1.